The Labute approximate surface area is 164 Å². The number of halogens is 1. The molecule has 1 amide bonds. The fourth-order valence-corrected chi connectivity index (χ4v) is 3.20. The highest BCUT2D eigenvalue weighted by molar-refractivity contribution is 6.30. The third kappa shape index (κ3) is 5.90. The first-order valence-electron chi connectivity index (χ1n) is 9.01. The van der Waals surface area contributed by atoms with Gasteiger partial charge in [0, 0.05) is 42.8 Å². The van der Waals surface area contributed by atoms with E-state index in [1.165, 1.54) is 0 Å². The van der Waals surface area contributed by atoms with Gasteiger partial charge >= 0.3 is 0 Å². The maximum absolute atomic E-state index is 12.5. The lowest BCUT2D eigenvalue weighted by Gasteiger charge is -2.18. The molecule has 3 rings (SSSR count). The maximum Gasteiger partial charge on any atom is 0.220 e. The van der Waals surface area contributed by atoms with Gasteiger partial charge in [0.25, 0.3) is 0 Å². The molecule has 0 unspecified atom stereocenters. The number of aromatic nitrogens is 1. The molecule has 0 spiro atoms. The Morgan fingerprint density at radius 1 is 1.04 bits per heavy atom. The number of amides is 1. The molecule has 2 aromatic carbocycles. The molecule has 0 aliphatic heterocycles. The zero-order chi connectivity index (χ0) is 19.1. The van der Waals surface area contributed by atoms with Crippen molar-refractivity contribution in [2.75, 3.05) is 6.54 Å². The number of benzene rings is 2. The zero-order valence-corrected chi connectivity index (χ0v) is 15.8. The standard InChI is InChI=1S/C22H23ClN2O2/c23-20-7-5-18(6-8-20)19(16-25-13-1-2-14-25)15-22(27)24-12-11-17-3-9-21(26)10-4-17/h1-10,13-14,19,26H,11-12,15-16H2,(H,24,27)/t19-/m1/s1. The minimum Gasteiger partial charge on any atom is -0.508 e. The van der Waals surface area contributed by atoms with E-state index in [1.807, 2.05) is 60.9 Å². The normalized spacial score (nSPS) is 11.9. The molecule has 2 N–H and O–H groups in total. The van der Waals surface area contributed by atoms with Crippen LogP contribution in [0.2, 0.25) is 5.02 Å². The van der Waals surface area contributed by atoms with Crippen molar-refractivity contribution in [2.24, 2.45) is 0 Å². The van der Waals surface area contributed by atoms with Crippen molar-refractivity contribution in [1.82, 2.24) is 9.88 Å². The predicted molar refractivity (Wildman–Crippen MR) is 108 cm³/mol. The summed E-state index contributed by atoms with van der Waals surface area (Å²) in [4.78, 5) is 12.5. The Kier molecular flexibility index (Phi) is 6.55. The first kappa shape index (κ1) is 19.1. The lowest BCUT2D eigenvalue weighted by atomic mass is 9.95. The van der Waals surface area contributed by atoms with Gasteiger partial charge in [-0.3, -0.25) is 4.79 Å². The average molecular weight is 383 g/mol. The van der Waals surface area contributed by atoms with Crippen LogP contribution in [-0.2, 0) is 17.8 Å². The molecular formula is C22H23ClN2O2. The summed E-state index contributed by atoms with van der Waals surface area (Å²) < 4.78 is 2.09. The first-order valence-corrected chi connectivity index (χ1v) is 9.39. The summed E-state index contributed by atoms with van der Waals surface area (Å²) in [5, 5.41) is 13.0. The van der Waals surface area contributed by atoms with Crippen molar-refractivity contribution >= 4 is 17.5 Å². The average Bonchev–Trinajstić information content (AvgIpc) is 3.17. The minimum absolute atomic E-state index is 0.0286. The molecule has 4 nitrogen and oxygen atoms in total. The van der Waals surface area contributed by atoms with Gasteiger partial charge in [-0.05, 0) is 53.9 Å². The van der Waals surface area contributed by atoms with Crippen molar-refractivity contribution in [3.05, 3.63) is 89.2 Å². The Balaban J connectivity index is 1.58. The van der Waals surface area contributed by atoms with E-state index in [0.717, 1.165) is 24.1 Å². The van der Waals surface area contributed by atoms with E-state index in [-0.39, 0.29) is 17.6 Å². The number of carbonyl (C=O) groups is 1. The zero-order valence-electron chi connectivity index (χ0n) is 15.0. The fraction of sp³-hybridized carbons (Fsp3) is 0.227. The van der Waals surface area contributed by atoms with Crippen LogP contribution in [-0.4, -0.2) is 22.1 Å². The highest BCUT2D eigenvalue weighted by Gasteiger charge is 2.16. The van der Waals surface area contributed by atoms with E-state index in [2.05, 4.69) is 9.88 Å². The monoisotopic (exact) mass is 382 g/mol. The Morgan fingerprint density at radius 3 is 2.37 bits per heavy atom. The van der Waals surface area contributed by atoms with Gasteiger partial charge in [0.05, 0.1) is 0 Å². The summed E-state index contributed by atoms with van der Waals surface area (Å²) in [5.74, 6) is 0.350. The molecule has 3 aromatic rings. The molecule has 0 aliphatic rings. The number of phenolic OH excluding ortho intramolecular Hbond substituents is 1. The van der Waals surface area contributed by atoms with Crippen molar-refractivity contribution in [2.45, 2.75) is 25.3 Å². The number of phenols is 1. The van der Waals surface area contributed by atoms with E-state index < -0.39 is 0 Å². The molecule has 5 heteroatoms. The van der Waals surface area contributed by atoms with E-state index in [0.29, 0.717) is 18.0 Å². The van der Waals surface area contributed by atoms with Gasteiger partial charge in [-0.1, -0.05) is 35.9 Å². The largest absolute Gasteiger partial charge is 0.508 e. The van der Waals surface area contributed by atoms with E-state index in [1.54, 1.807) is 12.1 Å². The van der Waals surface area contributed by atoms with Crippen LogP contribution in [0.3, 0.4) is 0 Å². The predicted octanol–water partition coefficient (Wildman–Crippen LogP) is 4.38. The van der Waals surface area contributed by atoms with Gasteiger partial charge in [-0.2, -0.15) is 0 Å². The van der Waals surface area contributed by atoms with Crippen LogP contribution < -0.4 is 5.32 Å². The highest BCUT2D eigenvalue weighted by atomic mass is 35.5. The van der Waals surface area contributed by atoms with Crippen LogP contribution in [0.4, 0.5) is 0 Å². The number of aromatic hydroxyl groups is 1. The molecule has 1 aromatic heterocycles. The lowest BCUT2D eigenvalue weighted by molar-refractivity contribution is -0.121. The Bertz CT molecular complexity index is 843. The van der Waals surface area contributed by atoms with Crippen molar-refractivity contribution in [3.8, 4) is 5.75 Å². The van der Waals surface area contributed by atoms with E-state index in [4.69, 9.17) is 11.6 Å². The first-order chi connectivity index (χ1) is 13.1. The third-order valence-electron chi connectivity index (χ3n) is 4.54. The molecule has 140 valence electrons. The summed E-state index contributed by atoms with van der Waals surface area (Å²) in [6.07, 6.45) is 5.15. The van der Waals surface area contributed by atoms with Gasteiger partial charge in [0.1, 0.15) is 5.75 Å². The number of hydrogen-bond donors (Lipinski definition) is 2. The molecular weight excluding hydrogens is 360 g/mol. The molecule has 0 fully saturated rings. The van der Waals surface area contributed by atoms with Crippen LogP contribution >= 0.6 is 11.6 Å². The summed E-state index contributed by atoms with van der Waals surface area (Å²) in [7, 11) is 0. The Hall–Kier alpha value is -2.72. The number of nitrogens with zero attached hydrogens (tertiary/aromatic N) is 1. The smallest absolute Gasteiger partial charge is 0.220 e. The van der Waals surface area contributed by atoms with Crippen LogP contribution in [0.5, 0.6) is 5.75 Å². The molecule has 0 radical (unpaired) electrons. The third-order valence-corrected chi connectivity index (χ3v) is 4.79. The van der Waals surface area contributed by atoms with E-state index in [9.17, 15) is 9.90 Å². The maximum atomic E-state index is 12.5. The molecule has 27 heavy (non-hydrogen) atoms. The SMILES string of the molecule is O=C(C[C@H](Cn1cccc1)c1ccc(Cl)cc1)NCCc1ccc(O)cc1. The number of hydrogen-bond acceptors (Lipinski definition) is 2. The summed E-state index contributed by atoms with van der Waals surface area (Å²) in [6, 6.07) is 18.7. The Morgan fingerprint density at radius 2 is 1.70 bits per heavy atom. The van der Waals surface area contributed by atoms with Crippen LogP contribution in [0, 0.1) is 0 Å². The van der Waals surface area contributed by atoms with Gasteiger partial charge in [-0.25, -0.2) is 0 Å². The summed E-state index contributed by atoms with van der Waals surface area (Å²) >= 11 is 6.00. The minimum atomic E-state index is 0.0286. The van der Waals surface area contributed by atoms with Crippen molar-refractivity contribution in [3.63, 3.8) is 0 Å². The van der Waals surface area contributed by atoms with Gasteiger partial charge in [-0.15, -0.1) is 0 Å². The summed E-state index contributed by atoms with van der Waals surface area (Å²) in [5.41, 5.74) is 2.18. The molecule has 1 atom stereocenters. The van der Waals surface area contributed by atoms with Gasteiger partial charge in [0.2, 0.25) is 5.91 Å². The highest BCUT2D eigenvalue weighted by Crippen LogP contribution is 2.24. The van der Waals surface area contributed by atoms with Crippen molar-refractivity contribution in [1.29, 1.82) is 0 Å². The number of carbonyl (C=O) groups excluding carboxylic acids is 1. The molecule has 0 saturated heterocycles. The topological polar surface area (TPSA) is 54.3 Å². The van der Waals surface area contributed by atoms with Crippen molar-refractivity contribution < 1.29 is 9.90 Å². The van der Waals surface area contributed by atoms with E-state index >= 15 is 0 Å². The molecule has 0 saturated carbocycles. The second kappa shape index (κ2) is 9.28. The molecule has 0 bridgehead atoms. The summed E-state index contributed by atoms with van der Waals surface area (Å²) in [6.45, 7) is 1.31. The van der Waals surface area contributed by atoms with Crippen LogP contribution in [0.1, 0.15) is 23.5 Å². The molecule has 1 heterocycles. The molecule has 0 aliphatic carbocycles. The fourth-order valence-electron chi connectivity index (χ4n) is 3.07. The second-order valence-corrected chi connectivity index (χ2v) is 7.04. The number of nitrogens with one attached hydrogen (secondary N) is 1. The van der Waals surface area contributed by atoms with Gasteiger partial charge < -0.3 is 15.0 Å². The van der Waals surface area contributed by atoms with Crippen LogP contribution in [0.15, 0.2) is 73.1 Å². The second-order valence-electron chi connectivity index (χ2n) is 6.60. The van der Waals surface area contributed by atoms with Crippen LogP contribution in [0.25, 0.3) is 0 Å². The number of rotatable bonds is 8. The van der Waals surface area contributed by atoms with Gasteiger partial charge in [0.15, 0.2) is 0 Å². The lowest BCUT2D eigenvalue weighted by Crippen LogP contribution is -2.28. The quantitative estimate of drug-likeness (QED) is 0.607.